The number of anilines is 1. The molecule has 0 aliphatic carbocycles. The second-order valence-corrected chi connectivity index (χ2v) is 4.46. The average Bonchev–Trinajstić information content (AvgIpc) is 2.91. The van der Waals surface area contributed by atoms with E-state index in [2.05, 4.69) is 15.3 Å². The van der Waals surface area contributed by atoms with E-state index in [-0.39, 0.29) is 5.91 Å². The lowest BCUT2D eigenvalue weighted by Crippen LogP contribution is -2.16. The van der Waals surface area contributed by atoms with Crippen molar-refractivity contribution in [2.24, 2.45) is 5.73 Å². The minimum atomic E-state index is -0.0896. The molecule has 2 heterocycles. The molecule has 0 radical (unpaired) electrons. The zero-order valence-corrected chi connectivity index (χ0v) is 10.1. The molecular formula is C11H14N4OS. The number of nitrogens with one attached hydrogen (secondary N) is 2. The zero-order chi connectivity index (χ0) is 12.1. The number of nitrogens with zero attached hydrogens (tertiary/aromatic N) is 1. The fourth-order valence-electron chi connectivity index (χ4n) is 1.43. The normalized spacial score (nSPS) is 10.4. The van der Waals surface area contributed by atoms with E-state index in [9.17, 15) is 4.79 Å². The summed E-state index contributed by atoms with van der Waals surface area (Å²) in [6.45, 7) is 0.354. The van der Waals surface area contributed by atoms with Gasteiger partial charge in [0.05, 0.1) is 5.69 Å². The second kappa shape index (κ2) is 5.60. The number of hydrogen-bond acceptors (Lipinski definition) is 4. The molecule has 0 fully saturated rings. The summed E-state index contributed by atoms with van der Waals surface area (Å²) in [5, 5.41) is 5.29. The number of carbonyl (C=O) groups excluding carboxylic acids is 1. The fourth-order valence-corrected chi connectivity index (χ4v) is 2.16. The number of hydrogen-bond donors (Lipinski definition) is 3. The van der Waals surface area contributed by atoms with E-state index in [1.165, 1.54) is 11.3 Å². The van der Waals surface area contributed by atoms with Gasteiger partial charge in [0.25, 0.3) is 0 Å². The van der Waals surface area contributed by atoms with E-state index in [4.69, 9.17) is 5.73 Å². The number of aromatic amines is 1. The topological polar surface area (TPSA) is 83.8 Å². The Hall–Kier alpha value is -1.66. The van der Waals surface area contributed by atoms with Crippen molar-refractivity contribution in [3.05, 3.63) is 35.1 Å². The largest absolute Gasteiger partial charge is 0.365 e. The van der Waals surface area contributed by atoms with Gasteiger partial charge in [-0.2, -0.15) is 0 Å². The summed E-state index contributed by atoms with van der Waals surface area (Å²) in [5.41, 5.74) is 7.35. The Morgan fingerprint density at radius 2 is 2.47 bits per heavy atom. The summed E-state index contributed by atoms with van der Waals surface area (Å²) in [6, 6.07) is 3.96. The van der Waals surface area contributed by atoms with Gasteiger partial charge in [0.1, 0.15) is 0 Å². The highest BCUT2D eigenvalue weighted by Crippen LogP contribution is 2.17. The van der Waals surface area contributed by atoms with Gasteiger partial charge in [-0.05, 0) is 12.1 Å². The smallest absolute Gasteiger partial charge is 0.227 e. The molecule has 0 aromatic carbocycles. The minimum Gasteiger partial charge on any atom is -0.365 e. The van der Waals surface area contributed by atoms with E-state index < -0.39 is 0 Å². The number of aromatic nitrogens is 2. The lowest BCUT2D eigenvalue weighted by Gasteiger charge is -1.98. The van der Waals surface area contributed by atoms with Gasteiger partial charge in [-0.1, -0.05) is 0 Å². The van der Waals surface area contributed by atoms with E-state index in [1.54, 1.807) is 0 Å². The van der Waals surface area contributed by atoms with Crippen LogP contribution in [0, 0.1) is 0 Å². The van der Waals surface area contributed by atoms with Gasteiger partial charge < -0.3 is 16.0 Å². The Bertz CT molecular complexity index is 477. The summed E-state index contributed by atoms with van der Waals surface area (Å²) >= 11 is 1.43. The van der Waals surface area contributed by atoms with Crippen LogP contribution in [0.3, 0.4) is 0 Å². The highest BCUT2D eigenvalue weighted by Gasteiger charge is 2.06. The van der Waals surface area contributed by atoms with E-state index >= 15 is 0 Å². The molecule has 2 aromatic rings. The van der Waals surface area contributed by atoms with Crippen molar-refractivity contribution >= 4 is 22.4 Å². The van der Waals surface area contributed by atoms with Crippen LogP contribution in [0.2, 0.25) is 0 Å². The van der Waals surface area contributed by atoms with E-state index in [1.807, 2.05) is 23.7 Å². The number of H-pyrrole nitrogens is 1. The molecule has 2 rings (SSSR count). The summed E-state index contributed by atoms with van der Waals surface area (Å²) in [7, 11) is 0. The monoisotopic (exact) mass is 250 g/mol. The van der Waals surface area contributed by atoms with Crippen molar-refractivity contribution in [2.45, 2.75) is 12.8 Å². The first-order valence-electron chi connectivity index (χ1n) is 5.34. The summed E-state index contributed by atoms with van der Waals surface area (Å²) in [5.74, 6) is -0.0896. The summed E-state index contributed by atoms with van der Waals surface area (Å²) < 4.78 is 0. The van der Waals surface area contributed by atoms with Crippen LogP contribution in [-0.4, -0.2) is 22.4 Å². The third-order valence-electron chi connectivity index (χ3n) is 2.20. The van der Waals surface area contributed by atoms with Crippen molar-refractivity contribution < 1.29 is 4.79 Å². The molecule has 0 spiro atoms. The molecule has 5 nitrogen and oxygen atoms in total. The van der Waals surface area contributed by atoms with Gasteiger partial charge in [-0.15, -0.1) is 11.3 Å². The Balaban J connectivity index is 1.94. The highest BCUT2D eigenvalue weighted by atomic mass is 32.1. The quantitative estimate of drug-likeness (QED) is 0.749. The van der Waals surface area contributed by atoms with Crippen LogP contribution < -0.4 is 11.1 Å². The zero-order valence-electron chi connectivity index (χ0n) is 9.27. The predicted molar refractivity (Wildman–Crippen MR) is 68.0 cm³/mol. The average molecular weight is 250 g/mol. The lowest BCUT2D eigenvalue weighted by molar-refractivity contribution is -0.116. The van der Waals surface area contributed by atoms with Gasteiger partial charge in [-0.25, -0.2) is 4.98 Å². The summed E-state index contributed by atoms with van der Waals surface area (Å²) in [4.78, 5) is 18.8. The maximum absolute atomic E-state index is 11.3. The molecule has 2 aromatic heterocycles. The van der Waals surface area contributed by atoms with Crippen LogP contribution in [0.15, 0.2) is 23.7 Å². The molecule has 0 unspecified atom stereocenters. The van der Waals surface area contributed by atoms with Crippen molar-refractivity contribution in [1.82, 2.24) is 9.97 Å². The van der Waals surface area contributed by atoms with Crippen LogP contribution in [0.4, 0.5) is 5.13 Å². The fraction of sp³-hybridized carbons (Fsp3) is 0.273. The molecule has 0 aliphatic rings. The standard InChI is InChI=1S/C11H14N4OS/c12-4-3-10(16)15-11-14-9(7-17-11)6-8-2-1-5-13-8/h1-2,5,7,13H,3-4,6,12H2,(H,14,15,16). The van der Waals surface area contributed by atoms with Crippen LogP contribution in [0.1, 0.15) is 17.8 Å². The Kier molecular flexibility index (Phi) is 3.89. The predicted octanol–water partition coefficient (Wildman–Crippen LogP) is 1.35. The number of thiazole rings is 1. The highest BCUT2D eigenvalue weighted by molar-refractivity contribution is 7.13. The Morgan fingerprint density at radius 3 is 3.18 bits per heavy atom. The number of nitrogens with two attached hydrogens (primary N) is 1. The van der Waals surface area contributed by atoms with Crippen molar-refractivity contribution in [2.75, 3.05) is 11.9 Å². The van der Waals surface area contributed by atoms with Crippen LogP contribution in [-0.2, 0) is 11.2 Å². The van der Waals surface area contributed by atoms with Crippen LogP contribution in [0.5, 0.6) is 0 Å². The molecule has 17 heavy (non-hydrogen) atoms. The first-order valence-corrected chi connectivity index (χ1v) is 6.22. The number of amides is 1. The molecule has 0 saturated heterocycles. The van der Waals surface area contributed by atoms with Crippen LogP contribution in [0.25, 0.3) is 0 Å². The third-order valence-corrected chi connectivity index (χ3v) is 3.01. The molecule has 6 heteroatoms. The maximum atomic E-state index is 11.3. The SMILES string of the molecule is NCCC(=O)Nc1nc(Cc2ccc[nH]2)cs1. The van der Waals surface area contributed by atoms with Crippen molar-refractivity contribution in [3.63, 3.8) is 0 Å². The molecule has 0 bridgehead atoms. The number of carbonyl (C=O) groups is 1. The van der Waals surface area contributed by atoms with Gasteiger partial charge >= 0.3 is 0 Å². The molecule has 0 atom stereocenters. The first-order chi connectivity index (χ1) is 8.28. The second-order valence-electron chi connectivity index (χ2n) is 3.60. The molecule has 0 saturated carbocycles. The van der Waals surface area contributed by atoms with Crippen molar-refractivity contribution in [3.8, 4) is 0 Å². The Morgan fingerprint density at radius 1 is 1.59 bits per heavy atom. The summed E-state index contributed by atoms with van der Waals surface area (Å²) in [6.07, 6.45) is 2.95. The minimum absolute atomic E-state index is 0.0896. The molecule has 4 N–H and O–H groups in total. The van der Waals surface area contributed by atoms with Gasteiger partial charge in [0, 0.05) is 36.7 Å². The van der Waals surface area contributed by atoms with Gasteiger partial charge in [0.15, 0.2) is 5.13 Å². The van der Waals surface area contributed by atoms with Gasteiger partial charge in [-0.3, -0.25) is 4.79 Å². The van der Waals surface area contributed by atoms with E-state index in [0.717, 1.165) is 17.8 Å². The first kappa shape index (κ1) is 11.8. The molecule has 1 amide bonds. The molecule has 90 valence electrons. The lowest BCUT2D eigenvalue weighted by atomic mass is 10.3. The van der Waals surface area contributed by atoms with Gasteiger partial charge in [0.2, 0.25) is 5.91 Å². The number of rotatable bonds is 5. The molecule has 0 aliphatic heterocycles. The maximum Gasteiger partial charge on any atom is 0.227 e. The van der Waals surface area contributed by atoms with E-state index in [0.29, 0.717) is 18.1 Å². The van der Waals surface area contributed by atoms with Crippen LogP contribution >= 0.6 is 11.3 Å². The molecular weight excluding hydrogens is 236 g/mol. The Labute approximate surface area is 103 Å². The van der Waals surface area contributed by atoms with Crippen molar-refractivity contribution in [1.29, 1.82) is 0 Å². The third kappa shape index (κ3) is 3.40.